The lowest BCUT2D eigenvalue weighted by Crippen LogP contribution is -2.31. The van der Waals surface area contributed by atoms with E-state index in [2.05, 4.69) is 25.8 Å². The Labute approximate surface area is 190 Å². The highest BCUT2D eigenvalue weighted by molar-refractivity contribution is 6.33. The quantitative estimate of drug-likeness (QED) is 0.456. The first-order chi connectivity index (χ1) is 15.7. The summed E-state index contributed by atoms with van der Waals surface area (Å²) in [5, 5.41) is 10.5. The number of anilines is 3. The molecule has 0 radical (unpaired) electrons. The predicted molar refractivity (Wildman–Crippen MR) is 119 cm³/mol. The van der Waals surface area contributed by atoms with Crippen LogP contribution in [-0.4, -0.2) is 38.8 Å². The van der Waals surface area contributed by atoms with Crippen LogP contribution in [0.15, 0.2) is 39.8 Å². The van der Waals surface area contributed by atoms with Crippen LogP contribution in [0.1, 0.15) is 5.82 Å². The first-order valence-electron chi connectivity index (χ1n) is 9.86. The summed E-state index contributed by atoms with van der Waals surface area (Å²) in [4.78, 5) is 21.1. The van der Waals surface area contributed by atoms with Crippen molar-refractivity contribution in [1.82, 2.24) is 19.7 Å². The van der Waals surface area contributed by atoms with Crippen LogP contribution >= 0.6 is 11.6 Å². The van der Waals surface area contributed by atoms with Gasteiger partial charge in [0.15, 0.2) is 12.4 Å². The predicted octanol–water partition coefficient (Wildman–Crippen LogP) is 4.13. The molecule has 0 saturated heterocycles. The maximum Gasteiger partial charge on any atom is 0.298 e. The number of alkyl halides is 2. The number of hydrogen-bond donors (Lipinski definition) is 2. The van der Waals surface area contributed by atoms with E-state index in [4.69, 9.17) is 20.9 Å². The van der Waals surface area contributed by atoms with Gasteiger partial charge in [-0.2, -0.15) is 4.98 Å². The standard InChI is InChI=1S/C21H17ClF2N6O3/c1-10-27-19(33-29-10)15-6-14(13(22)7-25-15)28-11-3-4-16-12(5-11)17-18(20(31)30(16)2)32-9-21(23,24)8-26-17/h3-7,26H,8-9H2,1-2H3,(H,25,28). The molecule has 2 N–H and O–H groups in total. The van der Waals surface area contributed by atoms with E-state index in [9.17, 15) is 13.6 Å². The van der Waals surface area contributed by atoms with E-state index in [0.29, 0.717) is 38.8 Å². The number of nitrogens with zero attached hydrogens (tertiary/aromatic N) is 4. The molecule has 4 heterocycles. The highest BCUT2D eigenvalue weighted by Crippen LogP contribution is 2.36. The van der Waals surface area contributed by atoms with Crippen molar-refractivity contribution in [3.8, 4) is 17.3 Å². The second kappa shape index (κ2) is 7.69. The Balaban J connectivity index is 1.58. The van der Waals surface area contributed by atoms with Gasteiger partial charge in [0.05, 0.1) is 28.5 Å². The monoisotopic (exact) mass is 474 g/mol. The van der Waals surface area contributed by atoms with Crippen LogP contribution in [0.2, 0.25) is 5.02 Å². The molecule has 5 rings (SSSR count). The van der Waals surface area contributed by atoms with E-state index < -0.39 is 24.6 Å². The van der Waals surface area contributed by atoms with E-state index in [1.165, 1.54) is 10.8 Å². The van der Waals surface area contributed by atoms with Gasteiger partial charge in [-0.05, 0) is 31.2 Å². The summed E-state index contributed by atoms with van der Waals surface area (Å²) >= 11 is 6.32. The van der Waals surface area contributed by atoms with Gasteiger partial charge in [-0.3, -0.25) is 4.79 Å². The molecule has 9 nitrogen and oxygen atoms in total. The minimum absolute atomic E-state index is 0.143. The van der Waals surface area contributed by atoms with Crippen LogP contribution in [0.4, 0.5) is 25.8 Å². The van der Waals surface area contributed by atoms with E-state index >= 15 is 0 Å². The summed E-state index contributed by atoms with van der Waals surface area (Å²) in [5.41, 5.74) is 1.81. The molecule has 170 valence electrons. The molecule has 12 heteroatoms. The maximum atomic E-state index is 13.9. The van der Waals surface area contributed by atoms with Crippen LogP contribution in [-0.2, 0) is 7.05 Å². The number of aryl methyl sites for hydroxylation is 2. The first kappa shape index (κ1) is 21.1. The first-order valence-corrected chi connectivity index (χ1v) is 10.2. The zero-order valence-corrected chi connectivity index (χ0v) is 18.2. The molecule has 4 aromatic rings. The molecule has 1 aliphatic rings. The number of aromatic nitrogens is 4. The molecule has 1 aliphatic heterocycles. The minimum Gasteiger partial charge on any atom is -0.480 e. The number of hydrogen-bond acceptors (Lipinski definition) is 8. The van der Waals surface area contributed by atoms with Crippen molar-refractivity contribution < 1.29 is 18.0 Å². The third kappa shape index (κ3) is 3.84. The lowest BCUT2D eigenvalue weighted by atomic mass is 10.1. The fourth-order valence-electron chi connectivity index (χ4n) is 3.56. The van der Waals surface area contributed by atoms with E-state index in [-0.39, 0.29) is 17.3 Å². The van der Waals surface area contributed by atoms with E-state index in [1.807, 2.05) is 0 Å². The molecule has 0 fully saturated rings. The van der Waals surface area contributed by atoms with Crippen molar-refractivity contribution in [2.75, 3.05) is 23.8 Å². The third-order valence-electron chi connectivity index (χ3n) is 5.19. The molecule has 0 amide bonds. The highest BCUT2D eigenvalue weighted by atomic mass is 35.5. The molecule has 3 aromatic heterocycles. The highest BCUT2D eigenvalue weighted by Gasteiger charge is 2.35. The average molecular weight is 475 g/mol. The van der Waals surface area contributed by atoms with E-state index in [1.54, 1.807) is 38.2 Å². The number of ether oxygens (including phenoxy) is 1. The zero-order valence-electron chi connectivity index (χ0n) is 17.4. The number of rotatable bonds is 3. The maximum absolute atomic E-state index is 13.9. The molecular weight excluding hydrogens is 458 g/mol. The Hall–Kier alpha value is -3.73. The van der Waals surface area contributed by atoms with Gasteiger partial charge in [0.2, 0.25) is 5.75 Å². The smallest absolute Gasteiger partial charge is 0.298 e. The Kier molecular flexibility index (Phi) is 4.93. The number of pyridine rings is 2. The number of nitrogens with one attached hydrogen (secondary N) is 2. The van der Waals surface area contributed by atoms with Crippen LogP contribution < -0.4 is 20.9 Å². The van der Waals surface area contributed by atoms with Gasteiger partial charge in [-0.1, -0.05) is 16.8 Å². The summed E-state index contributed by atoms with van der Waals surface area (Å²) in [7, 11) is 1.56. The van der Waals surface area contributed by atoms with Gasteiger partial charge in [-0.25, -0.2) is 13.8 Å². The molecule has 0 saturated carbocycles. The minimum atomic E-state index is -3.11. The van der Waals surface area contributed by atoms with Crippen LogP contribution in [0, 0.1) is 6.92 Å². The molecule has 1 aromatic carbocycles. The lowest BCUT2D eigenvalue weighted by Gasteiger charge is -2.16. The number of halogens is 3. The van der Waals surface area contributed by atoms with Crippen molar-refractivity contribution in [3.05, 3.63) is 51.7 Å². The molecular formula is C21H17ClF2N6O3. The second-order valence-electron chi connectivity index (χ2n) is 7.62. The largest absolute Gasteiger partial charge is 0.480 e. The Morgan fingerprint density at radius 2 is 2.12 bits per heavy atom. The van der Waals surface area contributed by atoms with E-state index in [0.717, 1.165) is 0 Å². The van der Waals surface area contributed by atoms with Crippen LogP contribution in [0.25, 0.3) is 22.5 Å². The molecule has 0 bridgehead atoms. The van der Waals surface area contributed by atoms with Gasteiger partial charge in [0.1, 0.15) is 5.69 Å². The van der Waals surface area contributed by atoms with Gasteiger partial charge < -0.3 is 24.5 Å². The Bertz CT molecular complexity index is 1450. The van der Waals surface area contributed by atoms with Crippen LogP contribution in [0.5, 0.6) is 5.75 Å². The summed E-state index contributed by atoms with van der Waals surface area (Å²) in [6, 6.07) is 6.83. The molecule has 0 unspecified atom stereocenters. The van der Waals surface area contributed by atoms with Gasteiger partial charge in [-0.15, -0.1) is 0 Å². The molecule has 0 atom stereocenters. The summed E-state index contributed by atoms with van der Waals surface area (Å²) in [5.74, 6) is -2.54. The van der Waals surface area contributed by atoms with Crippen molar-refractivity contribution in [2.45, 2.75) is 12.8 Å². The fraction of sp³-hybridized carbons (Fsp3) is 0.238. The third-order valence-corrected chi connectivity index (χ3v) is 5.49. The second-order valence-corrected chi connectivity index (χ2v) is 8.03. The topological polar surface area (TPSA) is 107 Å². The van der Waals surface area contributed by atoms with Crippen molar-refractivity contribution in [3.63, 3.8) is 0 Å². The van der Waals surface area contributed by atoms with Crippen molar-refractivity contribution in [1.29, 1.82) is 0 Å². The van der Waals surface area contributed by atoms with Crippen LogP contribution in [0.3, 0.4) is 0 Å². The molecule has 0 spiro atoms. The zero-order chi connectivity index (χ0) is 23.3. The summed E-state index contributed by atoms with van der Waals surface area (Å²) < 4.78 is 39.5. The Morgan fingerprint density at radius 1 is 1.30 bits per heavy atom. The van der Waals surface area contributed by atoms with Crippen molar-refractivity contribution >= 4 is 39.6 Å². The van der Waals surface area contributed by atoms with Crippen molar-refractivity contribution in [2.24, 2.45) is 7.05 Å². The SMILES string of the molecule is Cc1noc(-c2cc(Nc3ccc4c(c3)c3c(c(=O)n4C)OCC(F)(F)CN3)c(Cl)cn2)n1. The average Bonchev–Trinajstić information content (AvgIpc) is 3.14. The summed E-state index contributed by atoms with van der Waals surface area (Å²) in [6.45, 7) is 0.167. The number of fused-ring (bicyclic) bond motifs is 3. The molecule has 0 aliphatic carbocycles. The fourth-order valence-corrected chi connectivity index (χ4v) is 3.71. The van der Waals surface area contributed by atoms with Gasteiger partial charge in [0, 0.05) is 24.3 Å². The summed E-state index contributed by atoms with van der Waals surface area (Å²) in [6.07, 6.45) is 1.45. The lowest BCUT2D eigenvalue weighted by molar-refractivity contribution is -0.0251. The number of benzene rings is 1. The van der Waals surface area contributed by atoms with Gasteiger partial charge >= 0.3 is 0 Å². The van der Waals surface area contributed by atoms with Gasteiger partial charge in [0.25, 0.3) is 17.4 Å². The normalized spacial score (nSPS) is 14.8. The Morgan fingerprint density at radius 3 is 2.88 bits per heavy atom. The molecule has 33 heavy (non-hydrogen) atoms.